The molecular weight excluding hydrogens is 276 g/mol. The summed E-state index contributed by atoms with van der Waals surface area (Å²) >= 11 is 6.15. The minimum absolute atomic E-state index is 0.397. The molecule has 0 amide bonds. The molecular formula is C14H9ClN4O. The van der Waals surface area contributed by atoms with Crippen molar-refractivity contribution in [3.8, 4) is 17.2 Å². The number of aromatic nitrogens is 4. The summed E-state index contributed by atoms with van der Waals surface area (Å²) in [5, 5.41) is 4.90. The molecule has 0 unspecified atom stereocenters. The first kappa shape index (κ1) is 12.5. The Morgan fingerprint density at radius 1 is 1.10 bits per heavy atom. The maximum atomic E-state index is 11.2. The molecule has 0 aliphatic rings. The van der Waals surface area contributed by atoms with Crippen molar-refractivity contribution >= 4 is 17.9 Å². The van der Waals surface area contributed by atoms with Crippen LogP contribution in [0.25, 0.3) is 17.2 Å². The molecule has 0 N–H and O–H groups in total. The molecule has 0 saturated heterocycles. The number of hydrogen-bond donors (Lipinski definition) is 0. The number of hydrogen-bond acceptors (Lipinski definition) is 4. The van der Waals surface area contributed by atoms with Gasteiger partial charge in [0.15, 0.2) is 6.29 Å². The number of carbonyl (C=O) groups excluding carboxylic acids is 1. The van der Waals surface area contributed by atoms with Crippen LogP contribution >= 0.6 is 11.6 Å². The molecule has 0 radical (unpaired) electrons. The Labute approximate surface area is 119 Å². The Kier molecular flexibility index (Phi) is 3.26. The van der Waals surface area contributed by atoms with Gasteiger partial charge in [-0.2, -0.15) is 5.10 Å². The van der Waals surface area contributed by atoms with Gasteiger partial charge in [-0.1, -0.05) is 29.8 Å². The highest BCUT2D eigenvalue weighted by Gasteiger charge is 2.14. The molecule has 0 atom stereocenters. The lowest BCUT2D eigenvalue weighted by molar-refractivity contribution is 0.112. The molecule has 0 spiro atoms. The molecule has 5 nitrogen and oxygen atoms in total. The molecule has 98 valence electrons. The molecule has 0 bridgehead atoms. The van der Waals surface area contributed by atoms with Crippen LogP contribution in [0.1, 0.15) is 10.4 Å². The molecule has 0 saturated carbocycles. The Hall–Kier alpha value is -2.53. The number of nitrogens with zero attached hydrogens (tertiary/aromatic N) is 4. The number of carbonyl (C=O) groups is 1. The second-order valence-corrected chi connectivity index (χ2v) is 4.43. The van der Waals surface area contributed by atoms with Crippen LogP contribution in [0.3, 0.4) is 0 Å². The summed E-state index contributed by atoms with van der Waals surface area (Å²) < 4.78 is 1.46. The summed E-state index contributed by atoms with van der Waals surface area (Å²) in [6, 6.07) is 8.94. The average Bonchev–Trinajstić information content (AvgIpc) is 2.93. The molecule has 1 aromatic carbocycles. The Bertz CT molecular complexity index is 755. The predicted octanol–water partition coefficient (Wildman–Crippen LogP) is 2.80. The molecule has 0 aliphatic heterocycles. The average molecular weight is 285 g/mol. The number of rotatable bonds is 3. The van der Waals surface area contributed by atoms with Crippen LogP contribution in [-0.2, 0) is 0 Å². The van der Waals surface area contributed by atoms with Gasteiger partial charge in [0.05, 0.1) is 10.6 Å². The summed E-state index contributed by atoms with van der Waals surface area (Å²) in [7, 11) is 0. The van der Waals surface area contributed by atoms with E-state index >= 15 is 0 Å². The van der Waals surface area contributed by atoms with Gasteiger partial charge in [-0.3, -0.25) is 4.79 Å². The molecule has 3 rings (SSSR count). The summed E-state index contributed by atoms with van der Waals surface area (Å²) in [4.78, 5) is 19.4. The van der Waals surface area contributed by atoms with Crippen LogP contribution in [0.2, 0.25) is 5.02 Å². The Balaban J connectivity index is 2.16. The predicted molar refractivity (Wildman–Crippen MR) is 75.0 cm³/mol. The van der Waals surface area contributed by atoms with Gasteiger partial charge in [-0.05, 0) is 12.1 Å². The van der Waals surface area contributed by atoms with E-state index in [0.29, 0.717) is 27.8 Å². The van der Waals surface area contributed by atoms with E-state index in [9.17, 15) is 4.79 Å². The Morgan fingerprint density at radius 3 is 2.55 bits per heavy atom. The fraction of sp³-hybridized carbons (Fsp3) is 0. The summed E-state index contributed by atoms with van der Waals surface area (Å²) in [5.74, 6) is 0.397. The SMILES string of the molecule is O=Cc1cn(-c2ncccn2)nc1-c1ccccc1Cl. The van der Waals surface area contributed by atoms with E-state index in [4.69, 9.17) is 11.6 Å². The van der Waals surface area contributed by atoms with E-state index in [1.54, 1.807) is 30.7 Å². The van der Waals surface area contributed by atoms with Gasteiger partial charge in [-0.25, -0.2) is 14.6 Å². The third kappa shape index (κ3) is 2.19. The highest BCUT2D eigenvalue weighted by molar-refractivity contribution is 6.33. The summed E-state index contributed by atoms with van der Waals surface area (Å²) in [6.07, 6.45) is 5.55. The summed E-state index contributed by atoms with van der Waals surface area (Å²) in [6.45, 7) is 0. The quantitative estimate of drug-likeness (QED) is 0.694. The molecule has 6 heteroatoms. The Morgan fingerprint density at radius 2 is 1.85 bits per heavy atom. The van der Waals surface area contributed by atoms with Gasteiger partial charge in [-0.15, -0.1) is 0 Å². The second-order valence-electron chi connectivity index (χ2n) is 4.02. The van der Waals surface area contributed by atoms with E-state index in [1.165, 1.54) is 4.68 Å². The fourth-order valence-corrected chi connectivity index (χ4v) is 2.07. The van der Waals surface area contributed by atoms with Gasteiger partial charge in [0.25, 0.3) is 0 Å². The van der Waals surface area contributed by atoms with Crippen molar-refractivity contribution in [1.82, 2.24) is 19.7 Å². The lowest BCUT2D eigenvalue weighted by Crippen LogP contribution is -2.00. The monoisotopic (exact) mass is 284 g/mol. The normalized spacial score (nSPS) is 10.4. The largest absolute Gasteiger partial charge is 0.298 e. The van der Waals surface area contributed by atoms with Crippen molar-refractivity contribution in [3.63, 3.8) is 0 Å². The van der Waals surface area contributed by atoms with Gasteiger partial charge in [0.1, 0.15) is 5.69 Å². The van der Waals surface area contributed by atoms with E-state index < -0.39 is 0 Å². The smallest absolute Gasteiger partial charge is 0.250 e. The lowest BCUT2D eigenvalue weighted by Gasteiger charge is -2.01. The third-order valence-corrected chi connectivity index (χ3v) is 3.09. The molecule has 0 aliphatic carbocycles. The number of aldehydes is 1. The summed E-state index contributed by atoms with van der Waals surface area (Å²) in [5.41, 5.74) is 1.65. The highest BCUT2D eigenvalue weighted by atomic mass is 35.5. The molecule has 0 fully saturated rings. The lowest BCUT2D eigenvalue weighted by atomic mass is 10.1. The van der Waals surface area contributed by atoms with Crippen molar-refractivity contribution in [1.29, 1.82) is 0 Å². The molecule has 2 aromatic heterocycles. The van der Waals surface area contributed by atoms with E-state index in [1.807, 2.05) is 18.2 Å². The number of halogens is 1. The molecule has 3 aromatic rings. The van der Waals surface area contributed by atoms with Crippen molar-refractivity contribution in [3.05, 3.63) is 59.5 Å². The topological polar surface area (TPSA) is 60.7 Å². The molecule has 20 heavy (non-hydrogen) atoms. The van der Waals surface area contributed by atoms with E-state index in [-0.39, 0.29) is 0 Å². The van der Waals surface area contributed by atoms with Crippen LogP contribution in [0.5, 0.6) is 0 Å². The van der Waals surface area contributed by atoms with Crippen LogP contribution < -0.4 is 0 Å². The van der Waals surface area contributed by atoms with Crippen molar-refractivity contribution in [2.24, 2.45) is 0 Å². The van der Waals surface area contributed by atoms with Crippen molar-refractivity contribution in [2.75, 3.05) is 0 Å². The van der Waals surface area contributed by atoms with Crippen molar-refractivity contribution < 1.29 is 4.79 Å². The third-order valence-electron chi connectivity index (χ3n) is 2.76. The maximum Gasteiger partial charge on any atom is 0.250 e. The first-order valence-corrected chi connectivity index (χ1v) is 6.24. The van der Waals surface area contributed by atoms with Gasteiger partial charge in [0, 0.05) is 24.2 Å². The molecule has 2 heterocycles. The minimum Gasteiger partial charge on any atom is -0.298 e. The first-order chi connectivity index (χ1) is 9.79. The highest BCUT2D eigenvalue weighted by Crippen LogP contribution is 2.28. The van der Waals surface area contributed by atoms with Crippen molar-refractivity contribution in [2.45, 2.75) is 0 Å². The zero-order valence-electron chi connectivity index (χ0n) is 10.3. The minimum atomic E-state index is 0.397. The van der Waals surface area contributed by atoms with E-state index in [0.717, 1.165) is 6.29 Å². The zero-order valence-corrected chi connectivity index (χ0v) is 11.0. The van der Waals surface area contributed by atoms with Crippen LogP contribution in [0, 0.1) is 0 Å². The fourth-order valence-electron chi connectivity index (χ4n) is 1.85. The van der Waals surface area contributed by atoms with E-state index in [2.05, 4.69) is 15.1 Å². The number of benzene rings is 1. The van der Waals surface area contributed by atoms with Gasteiger partial charge in [0.2, 0.25) is 5.95 Å². The van der Waals surface area contributed by atoms with Crippen LogP contribution in [0.4, 0.5) is 0 Å². The second kappa shape index (κ2) is 5.22. The standard InChI is InChI=1S/C14H9ClN4O/c15-12-5-2-1-4-11(12)13-10(9-20)8-19(18-13)14-16-6-3-7-17-14/h1-9H. The van der Waals surface area contributed by atoms with Crippen LogP contribution in [0.15, 0.2) is 48.9 Å². The van der Waals surface area contributed by atoms with Gasteiger partial charge < -0.3 is 0 Å². The first-order valence-electron chi connectivity index (χ1n) is 5.87. The zero-order chi connectivity index (χ0) is 13.9. The van der Waals surface area contributed by atoms with Crippen LogP contribution in [-0.4, -0.2) is 26.0 Å². The van der Waals surface area contributed by atoms with Gasteiger partial charge >= 0.3 is 0 Å². The maximum absolute atomic E-state index is 11.2.